The van der Waals surface area contributed by atoms with Crippen molar-refractivity contribution in [1.29, 1.82) is 0 Å². The predicted molar refractivity (Wildman–Crippen MR) is 90.0 cm³/mol. The van der Waals surface area contributed by atoms with Crippen LogP contribution in [0.2, 0.25) is 0 Å². The molecule has 2 aliphatic rings. The van der Waals surface area contributed by atoms with Gasteiger partial charge >= 0.3 is 0 Å². The molecule has 0 unspecified atom stereocenters. The summed E-state index contributed by atoms with van der Waals surface area (Å²) >= 11 is 2.46. The van der Waals surface area contributed by atoms with E-state index in [0.717, 1.165) is 11.6 Å². The number of hydrogen-bond donors (Lipinski definition) is 0. The molecule has 0 spiro atoms. The summed E-state index contributed by atoms with van der Waals surface area (Å²) in [5.41, 5.74) is 1.14. The SMILES string of the molecule is Cc1ccn(C2CCN(CC3CCN(I)CC3)CC2)n1. The number of piperidine rings is 2. The largest absolute Gasteiger partial charge is 0.303 e. The van der Waals surface area contributed by atoms with Crippen molar-refractivity contribution in [2.24, 2.45) is 5.92 Å². The third-order valence-corrected chi connectivity index (χ3v) is 5.71. The first-order valence-corrected chi connectivity index (χ1v) is 8.82. The van der Waals surface area contributed by atoms with E-state index in [1.54, 1.807) is 0 Å². The molecule has 112 valence electrons. The van der Waals surface area contributed by atoms with Gasteiger partial charge in [-0.2, -0.15) is 5.10 Å². The van der Waals surface area contributed by atoms with E-state index in [-0.39, 0.29) is 0 Å². The van der Waals surface area contributed by atoms with Crippen molar-refractivity contribution in [3.63, 3.8) is 0 Å². The Morgan fingerprint density at radius 2 is 1.85 bits per heavy atom. The lowest BCUT2D eigenvalue weighted by Crippen LogP contribution is -2.40. The van der Waals surface area contributed by atoms with E-state index >= 15 is 0 Å². The summed E-state index contributed by atoms with van der Waals surface area (Å²) in [4.78, 5) is 2.68. The first-order valence-electron chi connectivity index (χ1n) is 7.85. The number of hydrogen-bond acceptors (Lipinski definition) is 3. The van der Waals surface area contributed by atoms with E-state index in [1.807, 2.05) is 0 Å². The zero-order chi connectivity index (χ0) is 13.9. The van der Waals surface area contributed by atoms with Crippen LogP contribution >= 0.6 is 22.9 Å². The van der Waals surface area contributed by atoms with Gasteiger partial charge in [0.25, 0.3) is 0 Å². The molecule has 0 aromatic carbocycles. The Labute approximate surface area is 136 Å². The molecule has 0 saturated carbocycles. The minimum atomic E-state index is 0.621. The highest BCUT2D eigenvalue weighted by atomic mass is 127. The summed E-state index contributed by atoms with van der Waals surface area (Å²) in [5.74, 6) is 0.921. The van der Waals surface area contributed by atoms with Crippen LogP contribution in [-0.2, 0) is 0 Å². The number of halogens is 1. The van der Waals surface area contributed by atoms with Gasteiger partial charge in [0.15, 0.2) is 0 Å². The summed E-state index contributed by atoms with van der Waals surface area (Å²) in [7, 11) is 0. The van der Waals surface area contributed by atoms with Crippen LogP contribution in [0.25, 0.3) is 0 Å². The van der Waals surface area contributed by atoms with Crippen molar-refractivity contribution in [2.45, 2.75) is 38.6 Å². The van der Waals surface area contributed by atoms with Crippen LogP contribution in [0.4, 0.5) is 0 Å². The Morgan fingerprint density at radius 3 is 2.45 bits per heavy atom. The Balaban J connectivity index is 1.44. The van der Waals surface area contributed by atoms with E-state index in [0.29, 0.717) is 6.04 Å². The van der Waals surface area contributed by atoms with Crippen LogP contribution in [0.15, 0.2) is 12.3 Å². The summed E-state index contributed by atoms with van der Waals surface area (Å²) in [6.45, 7) is 8.42. The Morgan fingerprint density at radius 1 is 1.15 bits per heavy atom. The fourth-order valence-corrected chi connectivity index (χ4v) is 4.01. The molecule has 1 aromatic rings. The number of likely N-dealkylation sites (tertiary alicyclic amines) is 1. The third kappa shape index (κ3) is 3.74. The first-order chi connectivity index (χ1) is 9.70. The fourth-order valence-electron chi connectivity index (χ4n) is 3.45. The summed E-state index contributed by atoms with van der Waals surface area (Å²) in [6.07, 6.45) is 7.41. The van der Waals surface area contributed by atoms with Gasteiger partial charge in [-0.1, -0.05) is 0 Å². The van der Waals surface area contributed by atoms with Crippen molar-refractivity contribution in [3.05, 3.63) is 18.0 Å². The molecular weight excluding hydrogens is 363 g/mol. The molecule has 3 rings (SSSR count). The standard InChI is InChI=1S/C15H25IN4/c1-13-2-11-20(17-13)15-5-7-18(8-6-15)12-14-3-9-19(16)10-4-14/h2,11,14-15H,3-10,12H2,1H3. The second-order valence-electron chi connectivity index (χ2n) is 6.32. The number of aryl methyl sites for hydroxylation is 1. The smallest absolute Gasteiger partial charge is 0.0593 e. The minimum absolute atomic E-state index is 0.621. The van der Waals surface area contributed by atoms with E-state index in [1.165, 1.54) is 58.4 Å². The Bertz CT molecular complexity index is 417. The zero-order valence-corrected chi connectivity index (χ0v) is 14.5. The Hall–Kier alpha value is -0.140. The highest BCUT2D eigenvalue weighted by Crippen LogP contribution is 2.25. The van der Waals surface area contributed by atoms with E-state index in [4.69, 9.17) is 0 Å². The van der Waals surface area contributed by atoms with Crippen LogP contribution in [0.5, 0.6) is 0 Å². The number of nitrogens with zero attached hydrogens (tertiary/aromatic N) is 4. The van der Waals surface area contributed by atoms with Gasteiger partial charge in [0.1, 0.15) is 0 Å². The third-order valence-electron chi connectivity index (χ3n) is 4.75. The lowest BCUT2D eigenvalue weighted by molar-refractivity contribution is 0.140. The van der Waals surface area contributed by atoms with Gasteiger partial charge in [-0.15, -0.1) is 0 Å². The topological polar surface area (TPSA) is 24.3 Å². The van der Waals surface area contributed by atoms with Gasteiger partial charge in [0, 0.05) is 61.8 Å². The molecule has 3 heterocycles. The second-order valence-corrected chi connectivity index (χ2v) is 7.69. The van der Waals surface area contributed by atoms with Crippen LogP contribution < -0.4 is 0 Å². The molecule has 0 N–H and O–H groups in total. The molecule has 0 bridgehead atoms. The van der Waals surface area contributed by atoms with Gasteiger partial charge in [-0.25, -0.2) is 3.11 Å². The zero-order valence-electron chi connectivity index (χ0n) is 12.3. The fraction of sp³-hybridized carbons (Fsp3) is 0.800. The summed E-state index contributed by atoms with van der Waals surface area (Å²) in [6, 6.07) is 2.74. The van der Waals surface area contributed by atoms with Crippen molar-refractivity contribution >= 4 is 22.9 Å². The van der Waals surface area contributed by atoms with E-state index in [9.17, 15) is 0 Å². The van der Waals surface area contributed by atoms with Crippen LogP contribution in [-0.4, -0.2) is 50.5 Å². The molecule has 2 aliphatic heterocycles. The number of rotatable bonds is 3. The predicted octanol–water partition coefficient (Wildman–Crippen LogP) is 2.89. The van der Waals surface area contributed by atoms with Crippen LogP contribution in [0.1, 0.15) is 37.4 Å². The molecule has 1 aromatic heterocycles. The van der Waals surface area contributed by atoms with Gasteiger partial charge in [0.05, 0.1) is 11.7 Å². The van der Waals surface area contributed by atoms with Crippen molar-refractivity contribution in [1.82, 2.24) is 17.8 Å². The van der Waals surface area contributed by atoms with Crippen molar-refractivity contribution in [3.8, 4) is 0 Å². The molecule has 0 atom stereocenters. The highest BCUT2D eigenvalue weighted by Gasteiger charge is 2.24. The van der Waals surface area contributed by atoms with E-state index < -0.39 is 0 Å². The van der Waals surface area contributed by atoms with Gasteiger partial charge < -0.3 is 4.90 Å². The van der Waals surface area contributed by atoms with Crippen LogP contribution in [0.3, 0.4) is 0 Å². The molecule has 20 heavy (non-hydrogen) atoms. The molecule has 2 saturated heterocycles. The minimum Gasteiger partial charge on any atom is -0.303 e. The van der Waals surface area contributed by atoms with Gasteiger partial charge in [0.2, 0.25) is 0 Å². The quantitative estimate of drug-likeness (QED) is 0.588. The number of aromatic nitrogens is 2. The van der Waals surface area contributed by atoms with Crippen molar-refractivity contribution < 1.29 is 0 Å². The molecule has 4 nitrogen and oxygen atoms in total. The average molecular weight is 388 g/mol. The lowest BCUT2D eigenvalue weighted by Gasteiger charge is -2.36. The normalized spacial score (nSPS) is 24.3. The molecule has 0 radical (unpaired) electrons. The maximum absolute atomic E-state index is 4.58. The molecule has 0 aliphatic carbocycles. The van der Waals surface area contributed by atoms with Gasteiger partial charge in [-0.05, 0) is 44.6 Å². The first kappa shape index (κ1) is 14.8. The molecular formula is C15H25IN4. The average Bonchev–Trinajstić information content (AvgIpc) is 2.89. The maximum Gasteiger partial charge on any atom is 0.0593 e. The lowest BCUT2D eigenvalue weighted by atomic mass is 9.96. The van der Waals surface area contributed by atoms with Gasteiger partial charge in [-0.3, -0.25) is 4.68 Å². The monoisotopic (exact) mass is 388 g/mol. The summed E-state index contributed by atoms with van der Waals surface area (Å²) in [5, 5.41) is 4.58. The molecule has 2 fully saturated rings. The van der Waals surface area contributed by atoms with Crippen molar-refractivity contribution in [2.75, 3.05) is 32.7 Å². The molecule has 0 amide bonds. The summed E-state index contributed by atoms with van der Waals surface area (Å²) < 4.78 is 4.61. The molecule has 5 heteroatoms. The second kappa shape index (κ2) is 6.75. The Kier molecular flexibility index (Phi) is 4.99. The highest BCUT2D eigenvalue weighted by molar-refractivity contribution is 14.1. The maximum atomic E-state index is 4.58. The van der Waals surface area contributed by atoms with Crippen LogP contribution in [0, 0.1) is 12.8 Å². The van der Waals surface area contributed by atoms with E-state index in [2.05, 4.69) is 59.8 Å².